The molecule has 1 amide bonds. The molecule has 0 saturated heterocycles. The van der Waals surface area contributed by atoms with E-state index in [2.05, 4.69) is 5.32 Å². The molecule has 7 heteroatoms. The maximum atomic E-state index is 14.2. The zero-order valence-electron chi connectivity index (χ0n) is 20.3. The lowest BCUT2D eigenvalue weighted by Crippen LogP contribution is -2.37. The van der Waals surface area contributed by atoms with Crippen LogP contribution in [0.2, 0.25) is 0 Å². The molecule has 0 fully saturated rings. The van der Waals surface area contributed by atoms with Crippen LogP contribution in [0, 0.1) is 27.7 Å². The number of rotatable bonds is 9. The number of alkyl carbamates (subject to hydrolysis) is 1. The summed E-state index contributed by atoms with van der Waals surface area (Å²) in [6.45, 7) is 9.79. The van der Waals surface area contributed by atoms with Crippen LogP contribution in [-0.4, -0.2) is 11.9 Å². The van der Waals surface area contributed by atoms with Crippen molar-refractivity contribution in [2.24, 2.45) is 0 Å². The first-order valence-corrected chi connectivity index (χ1v) is 12.9. The Kier molecular flexibility index (Phi) is 8.41. The first kappa shape index (κ1) is 25.4. The first-order valence-electron chi connectivity index (χ1n) is 11.3. The van der Waals surface area contributed by atoms with Gasteiger partial charge in [-0.15, -0.1) is 0 Å². The molecule has 0 aliphatic rings. The summed E-state index contributed by atoms with van der Waals surface area (Å²) in [5.41, 5.74) is 5.03. The fraction of sp³-hybridized carbons (Fsp3) is 0.296. The van der Waals surface area contributed by atoms with Crippen LogP contribution in [0.3, 0.4) is 0 Å². The van der Waals surface area contributed by atoms with Crippen LogP contribution in [0.1, 0.15) is 41.2 Å². The summed E-state index contributed by atoms with van der Waals surface area (Å²) in [6.07, 6.45) is -0.378. The topological polar surface area (TPSA) is 73.9 Å². The summed E-state index contributed by atoms with van der Waals surface area (Å²) in [6, 6.07) is 20.3. The van der Waals surface area contributed by atoms with E-state index in [0.717, 1.165) is 27.8 Å². The standard InChI is InChI=1S/C27H32NO5P/c1-6-26(28-27(29)31-18-23-10-8-7-9-11-23)34(30,32-24-14-12-19(2)21(4)16-24)33-25-15-13-20(3)22(5)17-25/h7-17,26H,6,18H2,1-5H3,(H,28,29). The second-order valence-electron chi connectivity index (χ2n) is 8.34. The summed E-state index contributed by atoms with van der Waals surface area (Å²) in [5, 5.41) is 2.70. The van der Waals surface area contributed by atoms with E-state index in [0.29, 0.717) is 17.9 Å². The number of aryl methyl sites for hydroxylation is 4. The van der Waals surface area contributed by atoms with E-state index in [1.54, 1.807) is 12.1 Å². The van der Waals surface area contributed by atoms with Gasteiger partial charge in [0.15, 0.2) is 5.78 Å². The Hall–Kier alpha value is -3.24. The smallest absolute Gasteiger partial charge is 0.445 e. The van der Waals surface area contributed by atoms with Crippen molar-refractivity contribution in [1.29, 1.82) is 0 Å². The zero-order chi connectivity index (χ0) is 24.7. The van der Waals surface area contributed by atoms with Crippen LogP contribution < -0.4 is 14.4 Å². The largest absolute Gasteiger partial charge is 0.453 e. The van der Waals surface area contributed by atoms with E-state index >= 15 is 0 Å². The minimum atomic E-state index is -3.90. The molecule has 1 N–H and O–H groups in total. The molecule has 0 saturated carbocycles. The molecule has 180 valence electrons. The predicted octanol–water partition coefficient (Wildman–Crippen LogP) is 7.23. The molecule has 3 rings (SSSR count). The van der Waals surface area contributed by atoms with Crippen LogP contribution in [0.5, 0.6) is 11.5 Å². The van der Waals surface area contributed by atoms with Crippen LogP contribution in [-0.2, 0) is 15.9 Å². The Balaban J connectivity index is 1.84. The Labute approximate surface area is 201 Å². The van der Waals surface area contributed by atoms with Gasteiger partial charge in [0.05, 0.1) is 0 Å². The highest BCUT2D eigenvalue weighted by molar-refractivity contribution is 7.55. The molecule has 1 unspecified atom stereocenters. The zero-order valence-corrected chi connectivity index (χ0v) is 21.2. The van der Waals surface area contributed by atoms with E-state index in [4.69, 9.17) is 13.8 Å². The predicted molar refractivity (Wildman–Crippen MR) is 135 cm³/mol. The Morgan fingerprint density at radius 2 is 1.35 bits per heavy atom. The van der Waals surface area contributed by atoms with Gasteiger partial charge in [0, 0.05) is 0 Å². The molecule has 3 aromatic carbocycles. The van der Waals surface area contributed by atoms with Gasteiger partial charge in [-0.25, -0.2) is 9.36 Å². The van der Waals surface area contributed by atoms with Gasteiger partial charge in [0.25, 0.3) is 0 Å². The molecule has 0 spiro atoms. The third kappa shape index (κ3) is 6.64. The minimum absolute atomic E-state index is 0.101. The average Bonchev–Trinajstić information content (AvgIpc) is 2.81. The maximum Gasteiger partial charge on any atom is 0.453 e. The van der Waals surface area contributed by atoms with Crippen molar-refractivity contribution in [2.75, 3.05) is 0 Å². The van der Waals surface area contributed by atoms with E-state index in [1.165, 1.54) is 0 Å². The quantitative estimate of drug-likeness (QED) is 0.326. The maximum absolute atomic E-state index is 14.2. The van der Waals surface area contributed by atoms with Crippen molar-refractivity contribution in [3.63, 3.8) is 0 Å². The Morgan fingerprint density at radius 3 is 1.82 bits per heavy atom. The minimum Gasteiger partial charge on any atom is -0.445 e. The molecule has 3 aromatic rings. The number of benzene rings is 3. The molecule has 0 aromatic heterocycles. The van der Waals surface area contributed by atoms with E-state index in [-0.39, 0.29) is 6.61 Å². The van der Waals surface area contributed by atoms with Crippen LogP contribution in [0.4, 0.5) is 4.79 Å². The lowest BCUT2D eigenvalue weighted by atomic mass is 10.1. The van der Waals surface area contributed by atoms with Gasteiger partial charge in [-0.3, -0.25) is 0 Å². The third-order valence-corrected chi connectivity index (χ3v) is 7.88. The van der Waals surface area contributed by atoms with Crippen LogP contribution >= 0.6 is 7.60 Å². The molecular formula is C27H32NO5P. The first-order chi connectivity index (χ1) is 16.2. The molecular weight excluding hydrogens is 449 g/mol. The number of hydrogen-bond acceptors (Lipinski definition) is 5. The van der Waals surface area contributed by atoms with Gasteiger partial charge in [-0.1, -0.05) is 49.4 Å². The number of nitrogens with one attached hydrogen (secondary N) is 1. The molecule has 34 heavy (non-hydrogen) atoms. The van der Waals surface area contributed by atoms with Crippen molar-refractivity contribution >= 4 is 13.7 Å². The van der Waals surface area contributed by atoms with Crippen molar-refractivity contribution in [3.8, 4) is 11.5 Å². The molecule has 0 bridgehead atoms. The summed E-state index contributed by atoms with van der Waals surface area (Å²) in [7, 11) is -3.90. The lowest BCUT2D eigenvalue weighted by molar-refractivity contribution is 0.137. The Morgan fingerprint density at radius 1 is 0.824 bits per heavy atom. The van der Waals surface area contributed by atoms with Gasteiger partial charge in [-0.2, -0.15) is 0 Å². The molecule has 0 radical (unpaired) electrons. The fourth-order valence-electron chi connectivity index (χ4n) is 3.29. The summed E-state index contributed by atoms with van der Waals surface area (Å²) >= 11 is 0. The number of ether oxygens (including phenoxy) is 1. The highest BCUT2D eigenvalue weighted by Gasteiger charge is 2.40. The van der Waals surface area contributed by atoms with Gasteiger partial charge in [0.1, 0.15) is 18.1 Å². The van der Waals surface area contributed by atoms with Gasteiger partial charge in [0.2, 0.25) is 0 Å². The summed E-state index contributed by atoms with van der Waals surface area (Å²) in [5.74, 6) is -0.0969. The molecule has 0 aliphatic heterocycles. The van der Waals surface area contributed by atoms with Crippen molar-refractivity contribution in [2.45, 2.75) is 53.4 Å². The van der Waals surface area contributed by atoms with Gasteiger partial charge in [-0.05, 0) is 86.2 Å². The van der Waals surface area contributed by atoms with Crippen molar-refractivity contribution in [1.82, 2.24) is 5.32 Å². The lowest BCUT2D eigenvalue weighted by Gasteiger charge is -2.27. The van der Waals surface area contributed by atoms with Crippen LogP contribution in [0.15, 0.2) is 66.7 Å². The monoisotopic (exact) mass is 481 g/mol. The van der Waals surface area contributed by atoms with E-state index in [1.807, 2.05) is 89.2 Å². The summed E-state index contributed by atoms with van der Waals surface area (Å²) < 4.78 is 31.5. The SMILES string of the molecule is CCC(NC(=O)OCc1ccccc1)P(=O)(Oc1ccc(C)c(C)c1)Oc1ccc(C)c(C)c1. The van der Waals surface area contributed by atoms with Gasteiger partial charge < -0.3 is 19.1 Å². The third-order valence-electron chi connectivity index (χ3n) is 5.69. The number of carbonyl (C=O) groups is 1. The second kappa shape index (κ2) is 11.3. The average molecular weight is 482 g/mol. The Bertz CT molecular complexity index is 1120. The fourth-order valence-corrected chi connectivity index (χ4v) is 5.10. The second-order valence-corrected chi connectivity index (χ2v) is 10.4. The van der Waals surface area contributed by atoms with E-state index < -0.39 is 19.5 Å². The normalized spacial score (nSPS) is 12.0. The number of amides is 1. The number of hydrogen-bond donors (Lipinski definition) is 1. The highest BCUT2D eigenvalue weighted by Crippen LogP contribution is 2.53. The number of carbonyl (C=O) groups excluding carboxylic acids is 1. The van der Waals surface area contributed by atoms with Crippen LogP contribution in [0.25, 0.3) is 0 Å². The van der Waals surface area contributed by atoms with E-state index in [9.17, 15) is 9.36 Å². The molecule has 0 heterocycles. The van der Waals surface area contributed by atoms with Crippen molar-refractivity contribution < 1.29 is 23.1 Å². The van der Waals surface area contributed by atoms with Crippen molar-refractivity contribution in [3.05, 3.63) is 94.5 Å². The van der Waals surface area contributed by atoms with Gasteiger partial charge >= 0.3 is 13.7 Å². The molecule has 1 atom stereocenters. The molecule has 6 nitrogen and oxygen atoms in total. The highest BCUT2D eigenvalue weighted by atomic mass is 31.2. The molecule has 0 aliphatic carbocycles. The summed E-state index contributed by atoms with van der Waals surface area (Å²) in [4.78, 5) is 12.6.